The van der Waals surface area contributed by atoms with Crippen molar-refractivity contribution in [3.8, 4) is 0 Å². The lowest BCUT2D eigenvalue weighted by atomic mass is 10.0. The number of halogens is 3. The van der Waals surface area contributed by atoms with Gasteiger partial charge in [0.1, 0.15) is 0 Å². The normalized spacial score (nSPS) is 12.4. The molecule has 0 saturated heterocycles. The van der Waals surface area contributed by atoms with Crippen molar-refractivity contribution in [2.75, 3.05) is 0 Å². The molecule has 18 heavy (non-hydrogen) atoms. The standard InChI is InChI=1S/C14H11BrCl2O/c15-11-3-1-9(2-4-11)14(18)8-10-7-12(16)5-6-13(10)17/h1-7,14,18H,8H2. The van der Waals surface area contributed by atoms with Crippen LogP contribution in [0.4, 0.5) is 0 Å². The first kappa shape index (κ1) is 13.9. The van der Waals surface area contributed by atoms with Crippen molar-refractivity contribution in [1.82, 2.24) is 0 Å². The molecular formula is C14H11BrCl2O. The van der Waals surface area contributed by atoms with Gasteiger partial charge >= 0.3 is 0 Å². The summed E-state index contributed by atoms with van der Waals surface area (Å²) in [6.07, 6.45) is -0.143. The lowest BCUT2D eigenvalue weighted by molar-refractivity contribution is 0.178. The van der Waals surface area contributed by atoms with Crippen molar-refractivity contribution in [3.05, 3.63) is 68.1 Å². The van der Waals surface area contributed by atoms with Crippen LogP contribution in [0.25, 0.3) is 0 Å². The predicted octanol–water partition coefficient (Wildman–Crippen LogP) is 5.03. The summed E-state index contributed by atoms with van der Waals surface area (Å²) < 4.78 is 0.985. The monoisotopic (exact) mass is 344 g/mol. The molecule has 1 atom stereocenters. The van der Waals surface area contributed by atoms with Crippen LogP contribution >= 0.6 is 39.1 Å². The summed E-state index contributed by atoms with van der Waals surface area (Å²) in [7, 11) is 0. The van der Waals surface area contributed by atoms with Crippen molar-refractivity contribution in [2.45, 2.75) is 12.5 Å². The highest BCUT2D eigenvalue weighted by atomic mass is 79.9. The summed E-state index contributed by atoms with van der Waals surface area (Å²) in [6.45, 7) is 0. The minimum atomic E-state index is -0.589. The van der Waals surface area contributed by atoms with Crippen LogP contribution in [0.15, 0.2) is 46.9 Å². The van der Waals surface area contributed by atoms with E-state index in [0.29, 0.717) is 16.5 Å². The second-order valence-electron chi connectivity index (χ2n) is 4.01. The zero-order valence-electron chi connectivity index (χ0n) is 9.41. The second-order valence-corrected chi connectivity index (χ2v) is 5.77. The van der Waals surface area contributed by atoms with Gasteiger partial charge in [0.15, 0.2) is 0 Å². The summed E-state index contributed by atoms with van der Waals surface area (Å²) >= 11 is 15.4. The van der Waals surface area contributed by atoms with Crippen molar-refractivity contribution in [1.29, 1.82) is 0 Å². The maximum absolute atomic E-state index is 10.2. The fraction of sp³-hybridized carbons (Fsp3) is 0.143. The fourth-order valence-electron chi connectivity index (χ4n) is 1.71. The lowest BCUT2D eigenvalue weighted by Crippen LogP contribution is -2.02. The Hall–Kier alpha value is -0.540. The summed E-state index contributed by atoms with van der Waals surface area (Å²) in [4.78, 5) is 0. The van der Waals surface area contributed by atoms with Crippen LogP contribution in [0.2, 0.25) is 10.0 Å². The molecule has 0 aromatic heterocycles. The Bertz CT molecular complexity index is 540. The van der Waals surface area contributed by atoms with Crippen LogP contribution in [0.5, 0.6) is 0 Å². The lowest BCUT2D eigenvalue weighted by Gasteiger charge is -2.12. The molecule has 0 spiro atoms. The Morgan fingerprint density at radius 2 is 1.72 bits per heavy atom. The van der Waals surface area contributed by atoms with Crippen molar-refractivity contribution < 1.29 is 5.11 Å². The van der Waals surface area contributed by atoms with Gasteiger partial charge in [-0.25, -0.2) is 0 Å². The molecule has 0 aliphatic carbocycles. The molecule has 1 nitrogen and oxygen atoms in total. The van der Waals surface area contributed by atoms with Gasteiger partial charge in [0.25, 0.3) is 0 Å². The Kier molecular flexibility index (Phi) is 4.68. The van der Waals surface area contributed by atoms with Crippen LogP contribution in [0.3, 0.4) is 0 Å². The van der Waals surface area contributed by atoms with Crippen LogP contribution < -0.4 is 0 Å². The highest BCUT2D eigenvalue weighted by Gasteiger charge is 2.11. The van der Waals surface area contributed by atoms with E-state index >= 15 is 0 Å². The van der Waals surface area contributed by atoms with Gasteiger partial charge in [-0.1, -0.05) is 51.3 Å². The quantitative estimate of drug-likeness (QED) is 0.826. The number of hydrogen-bond donors (Lipinski definition) is 1. The molecule has 0 aliphatic rings. The first-order chi connectivity index (χ1) is 8.56. The number of benzene rings is 2. The molecule has 0 saturated carbocycles. The molecular weight excluding hydrogens is 335 g/mol. The van der Waals surface area contributed by atoms with Crippen LogP contribution in [0.1, 0.15) is 17.2 Å². The van der Waals surface area contributed by atoms with Gasteiger partial charge in [-0.2, -0.15) is 0 Å². The Morgan fingerprint density at radius 3 is 2.39 bits per heavy atom. The first-order valence-electron chi connectivity index (χ1n) is 5.44. The summed E-state index contributed by atoms with van der Waals surface area (Å²) in [5.41, 5.74) is 1.70. The molecule has 0 fully saturated rings. The molecule has 0 aliphatic heterocycles. The zero-order chi connectivity index (χ0) is 13.1. The van der Waals surface area contributed by atoms with Crippen molar-refractivity contribution in [3.63, 3.8) is 0 Å². The van der Waals surface area contributed by atoms with Gasteiger partial charge in [-0.05, 0) is 41.5 Å². The van der Waals surface area contributed by atoms with E-state index in [0.717, 1.165) is 15.6 Å². The van der Waals surface area contributed by atoms with Gasteiger partial charge in [0.2, 0.25) is 0 Å². The molecule has 2 aromatic rings. The third-order valence-corrected chi connectivity index (χ3v) is 3.81. The molecule has 0 bridgehead atoms. The van der Waals surface area contributed by atoms with E-state index in [-0.39, 0.29) is 0 Å². The Labute approximate surface area is 124 Å². The third-order valence-electron chi connectivity index (χ3n) is 2.68. The maximum atomic E-state index is 10.2. The molecule has 94 valence electrons. The Morgan fingerprint density at radius 1 is 1.06 bits per heavy atom. The summed E-state index contributed by atoms with van der Waals surface area (Å²) in [5.74, 6) is 0. The molecule has 1 unspecified atom stereocenters. The Balaban J connectivity index is 2.18. The number of hydrogen-bond acceptors (Lipinski definition) is 1. The molecule has 2 aromatic carbocycles. The molecule has 2 rings (SSSR count). The average Bonchev–Trinajstić information content (AvgIpc) is 2.34. The second kappa shape index (κ2) is 6.07. The van der Waals surface area contributed by atoms with E-state index in [1.165, 1.54) is 0 Å². The van der Waals surface area contributed by atoms with Crippen LogP contribution in [0, 0.1) is 0 Å². The number of aliphatic hydroxyl groups is 1. The van der Waals surface area contributed by atoms with Crippen molar-refractivity contribution in [2.24, 2.45) is 0 Å². The maximum Gasteiger partial charge on any atom is 0.0830 e. The summed E-state index contributed by atoms with van der Waals surface area (Å²) in [5, 5.41) is 11.4. The average molecular weight is 346 g/mol. The highest BCUT2D eigenvalue weighted by Crippen LogP contribution is 2.26. The predicted molar refractivity (Wildman–Crippen MR) is 79.3 cm³/mol. The fourth-order valence-corrected chi connectivity index (χ4v) is 2.36. The van der Waals surface area contributed by atoms with E-state index in [2.05, 4.69) is 15.9 Å². The van der Waals surface area contributed by atoms with Crippen LogP contribution in [-0.2, 0) is 6.42 Å². The first-order valence-corrected chi connectivity index (χ1v) is 6.98. The third kappa shape index (κ3) is 3.48. The minimum Gasteiger partial charge on any atom is -0.388 e. The van der Waals surface area contributed by atoms with E-state index in [1.54, 1.807) is 18.2 Å². The molecule has 0 radical (unpaired) electrons. The topological polar surface area (TPSA) is 20.2 Å². The van der Waals surface area contributed by atoms with E-state index in [9.17, 15) is 5.11 Å². The smallest absolute Gasteiger partial charge is 0.0830 e. The number of rotatable bonds is 3. The highest BCUT2D eigenvalue weighted by molar-refractivity contribution is 9.10. The largest absolute Gasteiger partial charge is 0.388 e. The SMILES string of the molecule is OC(Cc1cc(Cl)ccc1Cl)c1ccc(Br)cc1. The molecule has 0 amide bonds. The van der Waals surface area contributed by atoms with Gasteiger partial charge in [-0.3, -0.25) is 0 Å². The van der Waals surface area contributed by atoms with E-state index < -0.39 is 6.10 Å². The number of aliphatic hydroxyl groups excluding tert-OH is 1. The van der Waals surface area contributed by atoms with E-state index in [1.807, 2.05) is 24.3 Å². The van der Waals surface area contributed by atoms with Gasteiger partial charge in [0.05, 0.1) is 6.10 Å². The molecule has 1 N–H and O–H groups in total. The van der Waals surface area contributed by atoms with Gasteiger partial charge in [0, 0.05) is 20.9 Å². The van der Waals surface area contributed by atoms with Crippen molar-refractivity contribution >= 4 is 39.1 Å². The van der Waals surface area contributed by atoms with Gasteiger partial charge in [-0.15, -0.1) is 0 Å². The zero-order valence-corrected chi connectivity index (χ0v) is 12.5. The van der Waals surface area contributed by atoms with Gasteiger partial charge < -0.3 is 5.11 Å². The van der Waals surface area contributed by atoms with Crippen LogP contribution in [-0.4, -0.2) is 5.11 Å². The molecule has 0 heterocycles. The van der Waals surface area contributed by atoms with E-state index in [4.69, 9.17) is 23.2 Å². The summed E-state index contributed by atoms with van der Waals surface area (Å²) in [6, 6.07) is 12.8. The minimum absolute atomic E-state index is 0.445. The molecule has 4 heteroatoms.